The highest BCUT2D eigenvalue weighted by Gasteiger charge is 2.31. The van der Waals surface area contributed by atoms with E-state index in [-0.39, 0.29) is 6.61 Å². The molecule has 1 aromatic carbocycles. The smallest absolute Gasteiger partial charge is 0.293 e. The zero-order chi connectivity index (χ0) is 19.1. The van der Waals surface area contributed by atoms with Crippen LogP contribution < -0.4 is 4.74 Å². The first-order chi connectivity index (χ1) is 11.7. The normalized spacial score (nSPS) is 13.0. The molecule has 0 aromatic heterocycles. The number of hydrogen-bond donors (Lipinski definition) is 0. The molecule has 0 heterocycles. The summed E-state index contributed by atoms with van der Waals surface area (Å²) < 4.78 is 12.3. The highest BCUT2D eigenvalue weighted by atomic mass is 79.9. The van der Waals surface area contributed by atoms with Crippen LogP contribution in [0.15, 0.2) is 21.1 Å². The molecule has 25 heavy (non-hydrogen) atoms. The van der Waals surface area contributed by atoms with Gasteiger partial charge in [-0.05, 0) is 79.1 Å². The number of rotatable bonds is 10. The maximum Gasteiger partial charge on any atom is 0.293 e. The van der Waals surface area contributed by atoms with Crippen molar-refractivity contribution >= 4 is 38.3 Å². The van der Waals surface area contributed by atoms with Gasteiger partial charge in [0.25, 0.3) is 6.47 Å². The van der Waals surface area contributed by atoms with Crippen molar-refractivity contribution in [3.63, 3.8) is 0 Å². The Bertz CT molecular complexity index is 525. The molecule has 0 bridgehead atoms. The summed E-state index contributed by atoms with van der Waals surface area (Å²) in [7, 11) is 0. The number of halogens is 2. The van der Waals surface area contributed by atoms with Crippen molar-refractivity contribution in [3.05, 3.63) is 26.6 Å². The molecule has 142 valence electrons. The molecule has 0 fully saturated rings. The lowest BCUT2D eigenvalue weighted by atomic mass is 9.68. The Morgan fingerprint density at radius 1 is 0.920 bits per heavy atom. The summed E-state index contributed by atoms with van der Waals surface area (Å²) in [5, 5.41) is 0. The fourth-order valence-electron chi connectivity index (χ4n) is 3.80. The Kier molecular flexibility index (Phi) is 9.50. The van der Waals surface area contributed by atoms with Gasteiger partial charge in [0.15, 0.2) is 0 Å². The van der Waals surface area contributed by atoms with Gasteiger partial charge in [-0.2, -0.15) is 0 Å². The Labute approximate surface area is 169 Å². The second kappa shape index (κ2) is 10.6. The van der Waals surface area contributed by atoms with Crippen LogP contribution in [0.25, 0.3) is 0 Å². The predicted octanol–water partition coefficient (Wildman–Crippen LogP) is 6.43. The van der Waals surface area contributed by atoms with Crippen LogP contribution in [0.1, 0.15) is 53.0 Å². The third-order valence-corrected chi connectivity index (χ3v) is 5.77. The van der Waals surface area contributed by atoms with E-state index >= 15 is 0 Å². The molecule has 0 amide bonds. The van der Waals surface area contributed by atoms with E-state index in [1.165, 1.54) is 5.56 Å². The average molecular weight is 478 g/mol. The minimum Gasteiger partial charge on any atom is -0.488 e. The fourth-order valence-corrected chi connectivity index (χ4v) is 5.25. The van der Waals surface area contributed by atoms with Gasteiger partial charge in [0.05, 0.1) is 8.95 Å². The first-order valence-corrected chi connectivity index (χ1v) is 10.5. The molecule has 5 heteroatoms. The molecule has 1 aromatic rings. The van der Waals surface area contributed by atoms with Gasteiger partial charge in [-0.1, -0.05) is 41.5 Å². The molecule has 3 nitrogen and oxygen atoms in total. The third kappa shape index (κ3) is 6.28. The molecule has 0 aliphatic heterocycles. The van der Waals surface area contributed by atoms with E-state index in [4.69, 9.17) is 4.74 Å². The minimum absolute atomic E-state index is 0.238. The molecule has 0 aliphatic carbocycles. The predicted molar refractivity (Wildman–Crippen MR) is 110 cm³/mol. The van der Waals surface area contributed by atoms with Crippen LogP contribution in [0.3, 0.4) is 0 Å². The van der Waals surface area contributed by atoms with E-state index in [2.05, 4.69) is 90.3 Å². The fraction of sp³-hybridized carbons (Fsp3) is 0.650. The summed E-state index contributed by atoms with van der Waals surface area (Å²) in [6, 6.07) is 4.34. The number of benzene rings is 1. The van der Waals surface area contributed by atoms with E-state index in [0.29, 0.717) is 42.7 Å². The zero-order valence-corrected chi connectivity index (χ0v) is 19.2. The van der Waals surface area contributed by atoms with Crippen molar-refractivity contribution in [1.82, 2.24) is 0 Å². The summed E-state index contributed by atoms with van der Waals surface area (Å²) in [5.74, 6) is 3.59. The van der Waals surface area contributed by atoms with Gasteiger partial charge < -0.3 is 9.47 Å². The quantitative estimate of drug-likeness (QED) is 0.287. The van der Waals surface area contributed by atoms with Crippen molar-refractivity contribution < 1.29 is 14.3 Å². The highest BCUT2D eigenvalue weighted by Crippen LogP contribution is 2.44. The van der Waals surface area contributed by atoms with E-state index in [1.54, 1.807) is 0 Å². The monoisotopic (exact) mass is 476 g/mol. The summed E-state index contributed by atoms with van der Waals surface area (Å²) in [6.45, 7) is 14.8. The van der Waals surface area contributed by atoms with Crippen LogP contribution in [-0.4, -0.2) is 19.7 Å². The maximum atomic E-state index is 10.2. The first-order valence-electron chi connectivity index (χ1n) is 8.87. The Morgan fingerprint density at radius 3 is 1.84 bits per heavy atom. The van der Waals surface area contributed by atoms with Gasteiger partial charge in [-0.15, -0.1) is 0 Å². The molecule has 0 N–H and O–H groups in total. The molecule has 1 unspecified atom stereocenters. The molecule has 0 saturated carbocycles. The van der Waals surface area contributed by atoms with E-state index in [1.807, 2.05) is 0 Å². The topological polar surface area (TPSA) is 35.5 Å². The summed E-state index contributed by atoms with van der Waals surface area (Å²) in [5.41, 5.74) is 1.32. The Morgan fingerprint density at radius 2 is 1.44 bits per heavy atom. The van der Waals surface area contributed by atoms with Crippen LogP contribution in [0.4, 0.5) is 0 Å². The second-order valence-corrected chi connectivity index (χ2v) is 9.17. The molecule has 0 spiro atoms. The van der Waals surface area contributed by atoms with Crippen molar-refractivity contribution in [2.24, 2.45) is 23.7 Å². The number of carbonyl (C=O) groups excluding carboxylic acids is 1. The van der Waals surface area contributed by atoms with Crippen LogP contribution in [0.2, 0.25) is 0 Å². The Hall–Kier alpha value is -0.550. The zero-order valence-electron chi connectivity index (χ0n) is 16.0. The van der Waals surface area contributed by atoms with Gasteiger partial charge >= 0.3 is 0 Å². The van der Waals surface area contributed by atoms with Gasteiger partial charge in [-0.3, -0.25) is 4.79 Å². The summed E-state index contributed by atoms with van der Waals surface area (Å²) >= 11 is 7.28. The van der Waals surface area contributed by atoms with Crippen LogP contribution >= 0.6 is 31.9 Å². The largest absolute Gasteiger partial charge is 0.488 e. The minimum atomic E-state index is 0.238. The molecule has 1 rings (SSSR count). The molecule has 0 aliphatic rings. The van der Waals surface area contributed by atoms with Crippen molar-refractivity contribution in [1.29, 1.82) is 0 Å². The lowest BCUT2D eigenvalue weighted by molar-refractivity contribution is -0.129. The number of hydrogen-bond acceptors (Lipinski definition) is 3. The van der Waals surface area contributed by atoms with Crippen LogP contribution in [-0.2, 0) is 9.53 Å². The van der Waals surface area contributed by atoms with Crippen LogP contribution in [0.5, 0.6) is 5.75 Å². The average Bonchev–Trinajstić information content (AvgIpc) is 2.49. The molecule has 1 atom stereocenters. The van der Waals surface area contributed by atoms with Crippen molar-refractivity contribution in [3.8, 4) is 5.75 Å². The van der Waals surface area contributed by atoms with Crippen molar-refractivity contribution in [2.75, 3.05) is 13.2 Å². The lowest BCUT2D eigenvalue weighted by Crippen LogP contribution is -2.27. The highest BCUT2D eigenvalue weighted by molar-refractivity contribution is 9.11. The van der Waals surface area contributed by atoms with Gasteiger partial charge in [0.1, 0.15) is 19.0 Å². The first kappa shape index (κ1) is 22.5. The molecular formula is C20H30Br2O3. The Balaban J connectivity index is 3.15. The number of ether oxygens (including phenoxy) is 2. The second-order valence-electron chi connectivity index (χ2n) is 7.46. The van der Waals surface area contributed by atoms with E-state index < -0.39 is 0 Å². The molecular weight excluding hydrogens is 448 g/mol. The molecule has 0 radical (unpaired) electrons. The summed E-state index contributed by atoms with van der Waals surface area (Å²) in [4.78, 5) is 10.2. The maximum absolute atomic E-state index is 10.2. The van der Waals surface area contributed by atoms with Gasteiger partial charge in [0.2, 0.25) is 0 Å². The van der Waals surface area contributed by atoms with E-state index in [0.717, 1.165) is 14.7 Å². The number of carbonyl (C=O) groups is 1. The van der Waals surface area contributed by atoms with Gasteiger partial charge in [-0.25, -0.2) is 0 Å². The lowest BCUT2D eigenvalue weighted by Gasteiger charge is -2.37. The van der Waals surface area contributed by atoms with Crippen molar-refractivity contribution in [2.45, 2.75) is 47.5 Å². The van der Waals surface area contributed by atoms with Gasteiger partial charge in [0, 0.05) is 0 Å². The van der Waals surface area contributed by atoms with Crippen LogP contribution in [0, 0.1) is 23.7 Å². The SMILES string of the molecule is CC(C)C(c1cc(Br)c(OCCOC=O)c(Br)c1)C(C(C)C)C(C)C. The van der Waals surface area contributed by atoms with E-state index in [9.17, 15) is 4.79 Å². The summed E-state index contributed by atoms with van der Waals surface area (Å²) in [6.07, 6.45) is 0. The molecule has 0 saturated heterocycles. The third-order valence-electron chi connectivity index (χ3n) is 4.59. The standard InChI is InChI=1S/C20H30Br2O3/c1-12(2)18(13(3)4)19(14(5)6)15-9-16(21)20(17(22)10-15)25-8-7-24-11-23/h9-14,18-19H,7-8H2,1-6H3.